The highest BCUT2D eigenvalue weighted by molar-refractivity contribution is 7.13. The summed E-state index contributed by atoms with van der Waals surface area (Å²) in [5.74, 6) is 0.111. The fourth-order valence-corrected chi connectivity index (χ4v) is 2.73. The number of nitrogens with one attached hydrogen (secondary N) is 1. The van der Waals surface area contributed by atoms with Crippen molar-refractivity contribution < 1.29 is 9.90 Å². The summed E-state index contributed by atoms with van der Waals surface area (Å²) in [6.07, 6.45) is 1.59. The molecule has 1 unspecified atom stereocenters. The van der Waals surface area contributed by atoms with Gasteiger partial charge in [0.25, 0.3) is 5.91 Å². The van der Waals surface area contributed by atoms with E-state index in [1.165, 1.54) is 11.3 Å². The molecule has 5 heteroatoms. The molecule has 0 spiro atoms. The second-order valence-corrected chi connectivity index (χ2v) is 6.60. The molecule has 2 rings (SSSR count). The molecule has 2 aromatic rings. The Hall–Kier alpha value is -1.72. The van der Waals surface area contributed by atoms with Crippen molar-refractivity contribution in [1.82, 2.24) is 10.3 Å². The standard InChI is InChI=1S/C16H20N2O2S/c1-11(2)15-17-9-13(21-15)14(19)18-10-16(3,20)12-7-5-4-6-8-12/h4-9,11,20H,10H2,1-3H3,(H,18,19). The van der Waals surface area contributed by atoms with Crippen molar-refractivity contribution in [3.8, 4) is 0 Å². The van der Waals surface area contributed by atoms with Gasteiger partial charge in [-0.05, 0) is 12.5 Å². The minimum Gasteiger partial charge on any atom is -0.384 e. The van der Waals surface area contributed by atoms with E-state index >= 15 is 0 Å². The molecule has 1 atom stereocenters. The number of carbonyl (C=O) groups is 1. The highest BCUT2D eigenvalue weighted by Crippen LogP contribution is 2.22. The Labute approximate surface area is 128 Å². The van der Waals surface area contributed by atoms with Gasteiger partial charge in [-0.3, -0.25) is 4.79 Å². The molecule has 0 aliphatic heterocycles. The van der Waals surface area contributed by atoms with Crippen LogP contribution in [0.25, 0.3) is 0 Å². The first-order valence-corrected chi connectivity index (χ1v) is 7.73. The second-order valence-electron chi connectivity index (χ2n) is 5.54. The van der Waals surface area contributed by atoms with Crippen LogP contribution in [0.4, 0.5) is 0 Å². The second kappa shape index (κ2) is 6.37. The van der Waals surface area contributed by atoms with Gasteiger partial charge in [0, 0.05) is 5.92 Å². The van der Waals surface area contributed by atoms with Gasteiger partial charge in [-0.2, -0.15) is 0 Å². The van der Waals surface area contributed by atoms with Crippen LogP contribution in [0.1, 0.15) is 46.9 Å². The summed E-state index contributed by atoms with van der Waals surface area (Å²) in [6.45, 7) is 5.93. The van der Waals surface area contributed by atoms with Crippen LogP contribution in [-0.4, -0.2) is 22.5 Å². The van der Waals surface area contributed by atoms with Gasteiger partial charge in [0.1, 0.15) is 10.5 Å². The highest BCUT2D eigenvalue weighted by atomic mass is 32.1. The molecule has 1 aromatic heterocycles. The lowest BCUT2D eigenvalue weighted by Gasteiger charge is -2.24. The third kappa shape index (κ3) is 3.89. The zero-order valence-electron chi connectivity index (χ0n) is 12.5. The third-order valence-electron chi connectivity index (χ3n) is 3.23. The Morgan fingerprint density at radius 1 is 1.38 bits per heavy atom. The van der Waals surface area contributed by atoms with E-state index in [4.69, 9.17) is 0 Å². The molecular formula is C16H20N2O2S. The maximum Gasteiger partial charge on any atom is 0.263 e. The predicted molar refractivity (Wildman–Crippen MR) is 84.5 cm³/mol. The summed E-state index contributed by atoms with van der Waals surface area (Å²) in [7, 11) is 0. The van der Waals surface area contributed by atoms with Crippen LogP contribution in [0.2, 0.25) is 0 Å². The van der Waals surface area contributed by atoms with Crippen molar-refractivity contribution in [2.45, 2.75) is 32.3 Å². The van der Waals surface area contributed by atoms with Crippen molar-refractivity contribution >= 4 is 17.2 Å². The van der Waals surface area contributed by atoms with Gasteiger partial charge in [0.15, 0.2) is 0 Å². The van der Waals surface area contributed by atoms with E-state index in [9.17, 15) is 9.90 Å². The molecule has 0 saturated carbocycles. The zero-order valence-corrected chi connectivity index (χ0v) is 13.3. The van der Waals surface area contributed by atoms with E-state index in [1.54, 1.807) is 13.1 Å². The van der Waals surface area contributed by atoms with E-state index in [-0.39, 0.29) is 12.5 Å². The zero-order chi connectivity index (χ0) is 15.5. The minimum atomic E-state index is -1.09. The molecule has 1 amide bonds. The van der Waals surface area contributed by atoms with Crippen molar-refractivity contribution in [2.24, 2.45) is 0 Å². The lowest BCUT2D eigenvalue weighted by atomic mass is 9.96. The molecule has 0 bridgehead atoms. The molecule has 0 saturated heterocycles. The molecule has 0 aliphatic rings. The summed E-state index contributed by atoms with van der Waals surface area (Å²) in [5.41, 5.74) is -0.319. The van der Waals surface area contributed by atoms with Crippen LogP contribution in [0.15, 0.2) is 36.5 Å². The number of thiazole rings is 1. The van der Waals surface area contributed by atoms with E-state index < -0.39 is 5.60 Å². The number of hydrogen-bond acceptors (Lipinski definition) is 4. The number of hydrogen-bond donors (Lipinski definition) is 2. The fraction of sp³-hybridized carbons (Fsp3) is 0.375. The number of aliphatic hydroxyl groups is 1. The van der Waals surface area contributed by atoms with Gasteiger partial charge in [-0.15, -0.1) is 11.3 Å². The average Bonchev–Trinajstić information content (AvgIpc) is 2.96. The summed E-state index contributed by atoms with van der Waals surface area (Å²) >= 11 is 1.39. The monoisotopic (exact) mass is 304 g/mol. The largest absolute Gasteiger partial charge is 0.384 e. The molecule has 112 valence electrons. The summed E-state index contributed by atoms with van der Waals surface area (Å²) in [6, 6.07) is 9.31. The van der Waals surface area contributed by atoms with Gasteiger partial charge >= 0.3 is 0 Å². The lowest BCUT2D eigenvalue weighted by molar-refractivity contribution is 0.0527. The molecule has 0 fully saturated rings. The number of benzene rings is 1. The van der Waals surface area contributed by atoms with Crippen molar-refractivity contribution in [2.75, 3.05) is 6.54 Å². The predicted octanol–water partition coefficient (Wildman–Crippen LogP) is 2.90. The van der Waals surface area contributed by atoms with Crippen molar-refractivity contribution in [3.63, 3.8) is 0 Å². The number of rotatable bonds is 5. The van der Waals surface area contributed by atoms with Gasteiger partial charge < -0.3 is 10.4 Å². The first-order valence-electron chi connectivity index (χ1n) is 6.92. The molecule has 2 N–H and O–H groups in total. The average molecular weight is 304 g/mol. The van der Waals surface area contributed by atoms with Gasteiger partial charge in [-0.1, -0.05) is 44.2 Å². The topological polar surface area (TPSA) is 62.2 Å². The molecular weight excluding hydrogens is 284 g/mol. The van der Waals surface area contributed by atoms with Crippen LogP contribution in [0.5, 0.6) is 0 Å². The Kier molecular flexibility index (Phi) is 4.75. The molecule has 21 heavy (non-hydrogen) atoms. The molecule has 0 aliphatic carbocycles. The number of amides is 1. The van der Waals surface area contributed by atoms with E-state index in [0.717, 1.165) is 10.6 Å². The number of aromatic nitrogens is 1. The number of nitrogens with zero attached hydrogens (tertiary/aromatic N) is 1. The van der Waals surface area contributed by atoms with Crippen LogP contribution < -0.4 is 5.32 Å². The maximum atomic E-state index is 12.1. The lowest BCUT2D eigenvalue weighted by Crippen LogP contribution is -2.38. The molecule has 0 radical (unpaired) electrons. The van der Waals surface area contributed by atoms with Gasteiger partial charge in [-0.25, -0.2) is 4.98 Å². The summed E-state index contributed by atoms with van der Waals surface area (Å²) < 4.78 is 0. The van der Waals surface area contributed by atoms with E-state index in [1.807, 2.05) is 44.2 Å². The normalized spacial score (nSPS) is 14.0. The van der Waals surface area contributed by atoms with E-state index in [0.29, 0.717) is 10.8 Å². The van der Waals surface area contributed by atoms with Crippen LogP contribution in [0.3, 0.4) is 0 Å². The third-order valence-corrected chi connectivity index (χ3v) is 4.53. The molecule has 1 aromatic carbocycles. The quantitative estimate of drug-likeness (QED) is 0.893. The maximum absolute atomic E-state index is 12.1. The SMILES string of the molecule is CC(C)c1ncc(C(=O)NCC(C)(O)c2ccccc2)s1. The van der Waals surface area contributed by atoms with Crippen molar-refractivity contribution in [1.29, 1.82) is 0 Å². The first-order chi connectivity index (χ1) is 9.90. The van der Waals surface area contributed by atoms with Crippen molar-refractivity contribution in [3.05, 3.63) is 52.0 Å². The Morgan fingerprint density at radius 3 is 2.62 bits per heavy atom. The first kappa shape index (κ1) is 15.7. The Balaban J connectivity index is 2.00. The summed E-state index contributed by atoms with van der Waals surface area (Å²) in [4.78, 5) is 16.9. The summed E-state index contributed by atoms with van der Waals surface area (Å²) in [5, 5.41) is 14.2. The van der Waals surface area contributed by atoms with Gasteiger partial charge in [0.2, 0.25) is 0 Å². The Bertz CT molecular complexity index is 606. The molecule has 1 heterocycles. The van der Waals surface area contributed by atoms with Crippen LogP contribution in [-0.2, 0) is 5.60 Å². The smallest absolute Gasteiger partial charge is 0.263 e. The highest BCUT2D eigenvalue weighted by Gasteiger charge is 2.24. The van der Waals surface area contributed by atoms with E-state index in [2.05, 4.69) is 10.3 Å². The minimum absolute atomic E-state index is 0.157. The fourth-order valence-electron chi connectivity index (χ4n) is 1.90. The molecule has 4 nitrogen and oxygen atoms in total. The number of carbonyl (C=O) groups excluding carboxylic acids is 1. The van der Waals surface area contributed by atoms with Crippen LogP contribution in [0, 0.1) is 0 Å². The van der Waals surface area contributed by atoms with Crippen LogP contribution >= 0.6 is 11.3 Å². The Morgan fingerprint density at radius 2 is 2.05 bits per heavy atom. The van der Waals surface area contributed by atoms with Gasteiger partial charge in [0.05, 0.1) is 17.7 Å².